The SMILES string of the molecule is C=C/C=C(\C=C)COC(=O)Nc1cc(=O)n(-c2ccc(OC(F)(F)F)cc2)cc1-c1cnn(C)c1. The predicted molar refractivity (Wildman–Crippen MR) is 124 cm³/mol. The van der Waals surface area contributed by atoms with Gasteiger partial charge in [0.2, 0.25) is 0 Å². The lowest BCUT2D eigenvalue weighted by Gasteiger charge is -2.14. The van der Waals surface area contributed by atoms with E-state index >= 15 is 0 Å². The minimum atomic E-state index is -4.83. The molecule has 11 heteroatoms. The molecule has 3 rings (SSSR count). The van der Waals surface area contributed by atoms with Gasteiger partial charge in [-0.3, -0.25) is 19.4 Å². The van der Waals surface area contributed by atoms with Crippen LogP contribution in [0.1, 0.15) is 0 Å². The van der Waals surface area contributed by atoms with Gasteiger partial charge in [0.25, 0.3) is 5.56 Å². The van der Waals surface area contributed by atoms with Crippen LogP contribution in [0, 0.1) is 0 Å². The smallest absolute Gasteiger partial charge is 0.444 e. The largest absolute Gasteiger partial charge is 0.573 e. The van der Waals surface area contributed by atoms with Gasteiger partial charge in [0, 0.05) is 42.3 Å². The number of amides is 1. The number of nitrogens with zero attached hydrogens (tertiary/aromatic N) is 3. The zero-order chi connectivity index (χ0) is 25.6. The van der Waals surface area contributed by atoms with Crippen LogP contribution in [0.4, 0.5) is 23.7 Å². The van der Waals surface area contributed by atoms with Gasteiger partial charge in [-0.05, 0) is 29.8 Å². The van der Waals surface area contributed by atoms with Crippen molar-refractivity contribution in [2.75, 3.05) is 11.9 Å². The average molecular weight is 486 g/mol. The van der Waals surface area contributed by atoms with Gasteiger partial charge >= 0.3 is 12.5 Å². The monoisotopic (exact) mass is 486 g/mol. The van der Waals surface area contributed by atoms with E-state index in [4.69, 9.17) is 4.74 Å². The van der Waals surface area contributed by atoms with Crippen LogP contribution in [0.15, 0.2) is 90.7 Å². The van der Waals surface area contributed by atoms with Crippen molar-refractivity contribution in [3.8, 4) is 22.6 Å². The van der Waals surface area contributed by atoms with E-state index < -0.39 is 23.8 Å². The first-order valence-corrected chi connectivity index (χ1v) is 10.1. The molecule has 0 saturated heterocycles. The summed E-state index contributed by atoms with van der Waals surface area (Å²) in [6, 6.07) is 5.98. The number of carbonyl (C=O) groups is 1. The number of aryl methyl sites for hydroxylation is 1. The normalized spacial score (nSPS) is 11.6. The molecule has 182 valence electrons. The molecule has 3 aromatic rings. The van der Waals surface area contributed by atoms with Gasteiger partial charge in [-0.1, -0.05) is 31.4 Å². The van der Waals surface area contributed by atoms with E-state index in [1.54, 1.807) is 19.3 Å². The van der Waals surface area contributed by atoms with E-state index in [9.17, 15) is 22.8 Å². The Morgan fingerprint density at radius 3 is 2.49 bits per heavy atom. The molecule has 1 aromatic carbocycles. The van der Waals surface area contributed by atoms with Gasteiger partial charge in [-0.2, -0.15) is 5.10 Å². The number of aromatic nitrogens is 3. The molecule has 1 N–H and O–H groups in total. The van der Waals surface area contributed by atoms with E-state index in [1.807, 2.05) is 0 Å². The number of pyridine rings is 1. The maximum Gasteiger partial charge on any atom is 0.573 e. The molecule has 2 aromatic heterocycles. The summed E-state index contributed by atoms with van der Waals surface area (Å²) in [6.45, 7) is 7.13. The van der Waals surface area contributed by atoms with Crippen molar-refractivity contribution in [1.82, 2.24) is 14.3 Å². The summed E-state index contributed by atoms with van der Waals surface area (Å²) < 4.78 is 49.1. The third kappa shape index (κ3) is 6.73. The average Bonchev–Trinajstić information content (AvgIpc) is 3.22. The minimum Gasteiger partial charge on any atom is -0.444 e. The van der Waals surface area contributed by atoms with Crippen molar-refractivity contribution in [3.63, 3.8) is 0 Å². The first-order chi connectivity index (χ1) is 16.6. The zero-order valence-corrected chi connectivity index (χ0v) is 18.6. The third-order valence-electron chi connectivity index (χ3n) is 4.62. The summed E-state index contributed by atoms with van der Waals surface area (Å²) in [5.41, 5.74) is 1.53. The lowest BCUT2D eigenvalue weighted by Crippen LogP contribution is -2.21. The molecule has 0 spiro atoms. The highest BCUT2D eigenvalue weighted by Crippen LogP contribution is 2.28. The number of alkyl halides is 3. The molecule has 0 radical (unpaired) electrons. The maximum atomic E-state index is 12.8. The van der Waals surface area contributed by atoms with Crippen LogP contribution in [0.25, 0.3) is 16.8 Å². The fourth-order valence-electron chi connectivity index (χ4n) is 3.06. The third-order valence-corrected chi connectivity index (χ3v) is 4.62. The predicted octanol–water partition coefficient (Wildman–Crippen LogP) is 4.98. The molecular weight excluding hydrogens is 465 g/mol. The van der Waals surface area contributed by atoms with Crippen molar-refractivity contribution >= 4 is 11.8 Å². The topological polar surface area (TPSA) is 87.4 Å². The molecule has 35 heavy (non-hydrogen) atoms. The van der Waals surface area contributed by atoms with Gasteiger partial charge in [0.15, 0.2) is 0 Å². The summed E-state index contributed by atoms with van der Waals surface area (Å²) in [6.07, 6.45) is 3.68. The lowest BCUT2D eigenvalue weighted by molar-refractivity contribution is -0.274. The maximum absolute atomic E-state index is 12.8. The van der Waals surface area contributed by atoms with Crippen molar-refractivity contribution in [1.29, 1.82) is 0 Å². The number of allylic oxidation sites excluding steroid dienone is 2. The van der Waals surface area contributed by atoms with E-state index in [1.165, 1.54) is 52.0 Å². The number of halogens is 3. The molecule has 1 amide bonds. The number of nitrogens with one attached hydrogen (secondary N) is 1. The van der Waals surface area contributed by atoms with Crippen LogP contribution >= 0.6 is 0 Å². The quantitative estimate of drug-likeness (QED) is 0.454. The number of rotatable bonds is 8. The highest BCUT2D eigenvalue weighted by atomic mass is 19.4. The molecule has 0 fully saturated rings. The van der Waals surface area contributed by atoms with Gasteiger partial charge in [-0.25, -0.2) is 4.79 Å². The molecule has 0 unspecified atom stereocenters. The fraction of sp³-hybridized carbons (Fsp3) is 0.125. The molecule has 2 heterocycles. The number of hydrogen-bond acceptors (Lipinski definition) is 5. The van der Waals surface area contributed by atoms with Crippen molar-refractivity contribution in [3.05, 3.63) is 96.2 Å². The van der Waals surface area contributed by atoms with Gasteiger partial charge in [0.05, 0.1) is 11.9 Å². The zero-order valence-electron chi connectivity index (χ0n) is 18.6. The Kier molecular flexibility index (Phi) is 7.59. The second kappa shape index (κ2) is 10.6. The molecule has 8 nitrogen and oxygen atoms in total. The molecule has 0 aliphatic rings. The summed E-state index contributed by atoms with van der Waals surface area (Å²) in [7, 11) is 1.70. The Morgan fingerprint density at radius 1 is 1.20 bits per heavy atom. The van der Waals surface area contributed by atoms with Crippen LogP contribution < -0.4 is 15.6 Å². The molecular formula is C24H21F3N4O4. The summed E-state index contributed by atoms with van der Waals surface area (Å²) >= 11 is 0. The van der Waals surface area contributed by atoms with Crippen molar-refractivity contribution in [2.24, 2.45) is 7.05 Å². The van der Waals surface area contributed by atoms with Crippen LogP contribution in [-0.4, -0.2) is 33.4 Å². The molecule has 0 saturated carbocycles. The number of anilines is 1. The number of benzene rings is 1. The van der Waals surface area contributed by atoms with Gasteiger partial charge in [0.1, 0.15) is 12.4 Å². The van der Waals surface area contributed by atoms with Crippen molar-refractivity contribution < 1.29 is 27.4 Å². The van der Waals surface area contributed by atoms with E-state index in [0.29, 0.717) is 16.7 Å². The summed E-state index contributed by atoms with van der Waals surface area (Å²) in [4.78, 5) is 25.2. The Hall–Kier alpha value is -4.54. The van der Waals surface area contributed by atoms with Crippen molar-refractivity contribution in [2.45, 2.75) is 6.36 Å². The second-order valence-corrected chi connectivity index (χ2v) is 7.14. The van der Waals surface area contributed by atoms with Crippen LogP contribution in [0.2, 0.25) is 0 Å². The Labute approximate surface area is 198 Å². The summed E-state index contributed by atoms with van der Waals surface area (Å²) in [5, 5.41) is 6.66. The van der Waals surface area contributed by atoms with Crippen LogP contribution in [0.5, 0.6) is 5.75 Å². The number of carbonyl (C=O) groups excluding carboxylic acids is 1. The molecule has 0 aliphatic heterocycles. The van der Waals surface area contributed by atoms with Gasteiger partial charge in [-0.15, -0.1) is 13.2 Å². The highest BCUT2D eigenvalue weighted by Gasteiger charge is 2.31. The molecule has 0 aliphatic carbocycles. The van der Waals surface area contributed by atoms with Gasteiger partial charge < -0.3 is 9.47 Å². The Morgan fingerprint density at radius 2 is 1.91 bits per heavy atom. The van der Waals surface area contributed by atoms with Crippen LogP contribution in [-0.2, 0) is 11.8 Å². The standard InChI is InChI=1S/C24H21F3N4O4/c1-4-6-16(5-2)15-34-23(33)29-21-11-22(32)31(14-20(21)17-12-28-30(3)13-17)18-7-9-19(10-8-18)35-24(25,26)27/h4-14H,1-2,15H2,3H3,(H,29,33)/b16-6+. The van der Waals surface area contributed by atoms with E-state index in [2.05, 4.69) is 28.3 Å². The van der Waals surface area contributed by atoms with E-state index in [-0.39, 0.29) is 18.0 Å². The Bertz CT molecular complexity index is 1320. The molecule has 0 bridgehead atoms. The fourth-order valence-corrected chi connectivity index (χ4v) is 3.06. The lowest BCUT2D eigenvalue weighted by atomic mass is 10.1. The second-order valence-electron chi connectivity index (χ2n) is 7.14. The first-order valence-electron chi connectivity index (χ1n) is 10.1. The van der Waals surface area contributed by atoms with E-state index in [0.717, 1.165) is 12.1 Å². The highest BCUT2D eigenvalue weighted by molar-refractivity contribution is 5.91. The first kappa shape index (κ1) is 25.1. The number of ether oxygens (including phenoxy) is 2. The molecule has 0 atom stereocenters. The summed E-state index contributed by atoms with van der Waals surface area (Å²) in [5.74, 6) is -0.424. The Balaban J connectivity index is 1.94. The van der Waals surface area contributed by atoms with Crippen LogP contribution in [0.3, 0.4) is 0 Å². The number of hydrogen-bond donors (Lipinski definition) is 1. The minimum absolute atomic E-state index is 0.0625.